The van der Waals surface area contributed by atoms with Crippen molar-refractivity contribution in [2.24, 2.45) is 0 Å². The maximum absolute atomic E-state index is 13.6. The Kier molecular flexibility index (Phi) is 7.85. The fraction of sp³-hybridized carbons (Fsp3) is 0.357. The van der Waals surface area contributed by atoms with Gasteiger partial charge in [-0.05, 0) is 64.3 Å². The van der Waals surface area contributed by atoms with Crippen LogP contribution in [0.2, 0.25) is 0 Å². The van der Waals surface area contributed by atoms with Crippen molar-refractivity contribution in [2.45, 2.75) is 70.8 Å². The lowest BCUT2D eigenvalue weighted by molar-refractivity contribution is 0.306. The molecule has 3 aromatic carbocycles. The van der Waals surface area contributed by atoms with Crippen molar-refractivity contribution >= 4 is 15.7 Å². The summed E-state index contributed by atoms with van der Waals surface area (Å²) in [6.45, 7) is 12.9. The Morgan fingerprint density at radius 1 is 0.758 bits per heavy atom. The molecule has 0 spiro atoms. The molecule has 176 valence electrons. The largest absolute Gasteiger partial charge is 0.489 e. The van der Waals surface area contributed by atoms with Gasteiger partial charge in [0.1, 0.15) is 12.4 Å². The number of hydrogen-bond acceptors (Lipinski definition) is 3. The van der Waals surface area contributed by atoms with Crippen LogP contribution < -0.4 is 9.46 Å². The summed E-state index contributed by atoms with van der Waals surface area (Å²) in [5.74, 6) is 1.19. The molecule has 0 amide bonds. The van der Waals surface area contributed by atoms with Crippen LogP contribution in [0.5, 0.6) is 5.75 Å². The van der Waals surface area contributed by atoms with Crippen molar-refractivity contribution < 1.29 is 13.2 Å². The van der Waals surface area contributed by atoms with Gasteiger partial charge >= 0.3 is 0 Å². The molecule has 0 aliphatic heterocycles. The third kappa shape index (κ3) is 6.17. The predicted molar refractivity (Wildman–Crippen MR) is 137 cm³/mol. The lowest BCUT2D eigenvalue weighted by Gasteiger charge is -2.23. The summed E-state index contributed by atoms with van der Waals surface area (Å²) in [5, 5.41) is 0. The lowest BCUT2D eigenvalue weighted by atomic mass is 9.89. The van der Waals surface area contributed by atoms with Crippen LogP contribution in [-0.4, -0.2) is 8.42 Å². The van der Waals surface area contributed by atoms with Crippen molar-refractivity contribution in [1.82, 2.24) is 0 Å². The van der Waals surface area contributed by atoms with Crippen LogP contribution in [0.25, 0.3) is 0 Å². The Morgan fingerprint density at radius 3 is 1.79 bits per heavy atom. The number of rotatable bonds is 9. The van der Waals surface area contributed by atoms with Crippen LogP contribution >= 0.6 is 0 Å². The minimum Gasteiger partial charge on any atom is -0.489 e. The van der Waals surface area contributed by atoms with Crippen molar-refractivity contribution in [3.05, 3.63) is 89.0 Å². The van der Waals surface area contributed by atoms with Gasteiger partial charge < -0.3 is 4.74 Å². The minimum absolute atomic E-state index is 0.0848. The molecule has 5 heteroatoms. The number of benzene rings is 3. The quantitative estimate of drug-likeness (QED) is 0.357. The molecule has 0 radical (unpaired) electrons. The highest BCUT2D eigenvalue weighted by molar-refractivity contribution is 7.92. The van der Waals surface area contributed by atoms with E-state index in [4.69, 9.17) is 4.74 Å². The molecule has 0 fully saturated rings. The normalized spacial score (nSPS) is 11.9. The maximum atomic E-state index is 13.6. The molecule has 0 aliphatic carbocycles. The molecular weight excluding hydrogens is 430 g/mol. The van der Waals surface area contributed by atoms with E-state index in [0.717, 1.165) is 16.7 Å². The zero-order valence-electron chi connectivity index (χ0n) is 20.4. The van der Waals surface area contributed by atoms with E-state index in [-0.39, 0.29) is 11.8 Å². The molecule has 0 saturated carbocycles. The number of nitrogens with one attached hydrogen (secondary N) is 1. The fourth-order valence-electron chi connectivity index (χ4n) is 3.77. The Hall–Kier alpha value is -2.79. The number of ether oxygens (including phenoxy) is 1. The van der Waals surface area contributed by atoms with E-state index in [1.54, 1.807) is 24.3 Å². The van der Waals surface area contributed by atoms with Gasteiger partial charge in [-0.3, -0.25) is 4.72 Å². The number of hydrogen-bond donors (Lipinski definition) is 1. The second-order valence-electron chi connectivity index (χ2n) is 9.40. The van der Waals surface area contributed by atoms with Crippen LogP contribution in [0.4, 0.5) is 5.69 Å². The predicted octanol–water partition coefficient (Wildman–Crippen LogP) is 7.44. The van der Waals surface area contributed by atoms with Gasteiger partial charge in [-0.25, -0.2) is 8.42 Å². The van der Waals surface area contributed by atoms with E-state index < -0.39 is 10.0 Å². The van der Waals surface area contributed by atoms with Crippen LogP contribution in [-0.2, 0) is 16.6 Å². The zero-order valence-corrected chi connectivity index (χ0v) is 21.2. The summed E-state index contributed by atoms with van der Waals surface area (Å²) in [6.07, 6.45) is 0. The third-order valence-electron chi connectivity index (χ3n) is 5.70. The van der Waals surface area contributed by atoms with E-state index in [1.807, 2.05) is 58.0 Å². The lowest BCUT2D eigenvalue weighted by Crippen LogP contribution is -2.19. The summed E-state index contributed by atoms with van der Waals surface area (Å²) >= 11 is 0. The SMILES string of the molecule is CC(C)c1cc(C(C)C)c(S(=O)(=O)Nc2ccc(OCc3ccccc3)cc2)c(C(C)C)c1. The first-order valence-corrected chi connectivity index (χ1v) is 13.0. The summed E-state index contributed by atoms with van der Waals surface area (Å²) in [6, 6.07) is 21.1. The summed E-state index contributed by atoms with van der Waals surface area (Å²) in [7, 11) is -3.77. The molecule has 0 aliphatic rings. The van der Waals surface area contributed by atoms with Crippen molar-refractivity contribution in [2.75, 3.05) is 4.72 Å². The average molecular weight is 466 g/mol. The summed E-state index contributed by atoms with van der Waals surface area (Å²) < 4.78 is 35.8. The first-order valence-electron chi connectivity index (χ1n) is 11.6. The zero-order chi connectivity index (χ0) is 24.2. The van der Waals surface area contributed by atoms with Gasteiger partial charge in [-0.15, -0.1) is 0 Å². The third-order valence-corrected chi connectivity index (χ3v) is 7.22. The van der Waals surface area contributed by atoms with Crippen molar-refractivity contribution in [1.29, 1.82) is 0 Å². The molecule has 1 N–H and O–H groups in total. The Labute approximate surface area is 199 Å². The van der Waals surface area contributed by atoms with Gasteiger partial charge in [0.05, 0.1) is 4.90 Å². The second-order valence-corrected chi connectivity index (χ2v) is 11.0. The van der Waals surface area contributed by atoms with Gasteiger partial charge in [0, 0.05) is 5.69 Å². The highest BCUT2D eigenvalue weighted by Gasteiger charge is 2.27. The summed E-state index contributed by atoms with van der Waals surface area (Å²) in [4.78, 5) is 0.404. The van der Waals surface area contributed by atoms with Gasteiger partial charge in [0.15, 0.2) is 0 Å². The van der Waals surface area contributed by atoms with E-state index >= 15 is 0 Å². The number of sulfonamides is 1. The van der Waals surface area contributed by atoms with Gasteiger partial charge in [0.25, 0.3) is 10.0 Å². The molecule has 0 saturated heterocycles. The van der Waals surface area contributed by atoms with E-state index in [9.17, 15) is 8.42 Å². The topological polar surface area (TPSA) is 55.4 Å². The Balaban J connectivity index is 1.88. The molecular formula is C28H35NO3S. The van der Waals surface area contributed by atoms with Gasteiger partial charge in [-0.1, -0.05) is 84.0 Å². The molecule has 33 heavy (non-hydrogen) atoms. The fourth-order valence-corrected chi connectivity index (χ4v) is 5.52. The van der Waals surface area contributed by atoms with E-state index in [2.05, 4.69) is 30.7 Å². The highest BCUT2D eigenvalue weighted by atomic mass is 32.2. The van der Waals surface area contributed by atoms with Gasteiger partial charge in [-0.2, -0.15) is 0 Å². The minimum atomic E-state index is -3.77. The van der Waals surface area contributed by atoms with Gasteiger partial charge in [0.2, 0.25) is 0 Å². The summed E-state index contributed by atoms with van der Waals surface area (Å²) in [5.41, 5.74) is 4.48. The molecule has 4 nitrogen and oxygen atoms in total. The van der Waals surface area contributed by atoms with Crippen LogP contribution in [0.15, 0.2) is 71.6 Å². The van der Waals surface area contributed by atoms with Crippen LogP contribution in [0, 0.1) is 0 Å². The van der Waals surface area contributed by atoms with E-state index in [1.165, 1.54) is 5.56 Å². The molecule has 0 bridgehead atoms. The van der Waals surface area contributed by atoms with Crippen molar-refractivity contribution in [3.63, 3.8) is 0 Å². The smallest absolute Gasteiger partial charge is 0.262 e. The molecule has 0 atom stereocenters. The molecule has 0 heterocycles. The second kappa shape index (κ2) is 10.4. The molecule has 0 aromatic heterocycles. The Morgan fingerprint density at radius 2 is 1.30 bits per heavy atom. The van der Waals surface area contributed by atoms with Crippen LogP contribution in [0.1, 0.15) is 81.5 Å². The monoisotopic (exact) mass is 465 g/mol. The Bertz CT molecular complexity index is 1140. The first-order chi connectivity index (χ1) is 15.6. The van der Waals surface area contributed by atoms with E-state index in [0.29, 0.717) is 28.9 Å². The average Bonchev–Trinajstić information content (AvgIpc) is 2.78. The number of anilines is 1. The maximum Gasteiger partial charge on any atom is 0.262 e. The van der Waals surface area contributed by atoms with Crippen molar-refractivity contribution in [3.8, 4) is 5.75 Å². The first kappa shape index (κ1) is 24.8. The molecule has 0 unspecified atom stereocenters. The highest BCUT2D eigenvalue weighted by Crippen LogP contribution is 2.36. The standard InChI is InChI=1S/C28H35NO3S/c1-19(2)23-16-26(20(3)4)28(27(17-23)21(5)6)33(30,31)29-24-12-14-25(15-13-24)32-18-22-10-8-7-9-11-22/h7-17,19-21,29H,18H2,1-6H3. The molecule has 3 rings (SSSR count). The van der Waals surface area contributed by atoms with Crippen LogP contribution in [0.3, 0.4) is 0 Å². The molecule has 3 aromatic rings.